The van der Waals surface area contributed by atoms with Crippen LogP contribution in [0.15, 0.2) is 18.2 Å². The summed E-state index contributed by atoms with van der Waals surface area (Å²) >= 11 is 12.1. The lowest BCUT2D eigenvalue weighted by Crippen LogP contribution is -2.44. The van der Waals surface area contributed by atoms with Gasteiger partial charge in [-0.05, 0) is 31.5 Å². The van der Waals surface area contributed by atoms with Gasteiger partial charge in [0.15, 0.2) is 0 Å². The molecule has 0 bridgehead atoms. The third-order valence-corrected chi connectivity index (χ3v) is 5.50. The summed E-state index contributed by atoms with van der Waals surface area (Å²) in [5, 5.41) is 1.18. The standard InChI is InChI=1S/C16H23Cl2N3O/c1-10-13(11(2)20-19-10)8-21-5-6-22-16(9-21)12-3-4-14(17)15(18)7-12/h3-4,7,10-11,13,16,19-20H,5-6,8-9H2,1-2H3. The summed E-state index contributed by atoms with van der Waals surface area (Å²) in [4.78, 5) is 2.49. The zero-order valence-corrected chi connectivity index (χ0v) is 14.5. The number of benzene rings is 1. The van der Waals surface area contributed by atoms with Crippen LogP contribution >= 0.6 is 23.2 Å². The van der Waals surface area contributed by atoms with Gasteiger partial charge in [-0.1, -0.05) is 29.3 Å². The third kappa shape index (κ3) is 3.58. The van der Waals surface area contributed by atoms with E-state index in [2.05, 4.69) is 29.6 Å². The molecule has 2 N–H and O–H groups in total. The minimum absolute atomic E-state index is 0.0662. The molecule has 0 radical (unpaired) electrons. The van der Waals surface area contributed by atoms with Gasteiger partial charge in [0.25, 0.3) is 0 Å². The van der Waals surface area contributed by atoms with Crippen molar-refractivity contribution in [2.75, 3.05) is 26.2 Å². The Morgan fingerprint density at radius 3 is 2.59 bits per heavy atom. The van der Waals surface area contributed by atoms with Gasteiger partial charge in [0, 0.05) is 37.6 Å². The third-order valence-electron chi connectivity index (χ3n) is 4.76. The highest BCUT2D eigenvalue weighted by molar-refractivity contribution is 6.42. The van der Waals surface area contributed by atoms with E-state index in [1.165, 1.54) is 0 Å². The summed E-state index contributed by atoms with van der Waals surface area (Å²) in [6.45, 7) is 8.17. The van der Waals surface area contributed by atoms with Crippen molar-refractivity contribution in [3.63, 3.8) is 0 Å². The SMILES string of the molecule is CC1NNC(C)C1CN1CCOC(c2ccc(Cl)c(Cl)c2)C1. The Morgan fingerprint density at radius 1 is 1.18 bits per heavy atom. The number of hydrogen-bond donors (Lipinski definition) is 2. The average molecular weight is 344 g/mol. The summed E-state index contributed by atoms with van der Waals surface area (Å²) in [6.07, 6.45) is 0.0662. The predicted octanol–water partition coefficient (Wildman–Crippen LogP) is 2.87. The van der Waals surface area contributed by atoms with Crippen molar-refractivity contribution in [1.82, 2.24) is 15.8 Å². The topological polar surface area (TPSA) is 36.5 Å². The number of halogens is 2. The van der Waals surface area contributed by atoms with Gasteiger partial charge in [0.2, 0.25) is 0 Å². The summed E-state index contributed by atoms with van der Waals surface area (Å²) in [6, 6.07) is 6.74. The molecule has 2 aliphatic heterocycles. The van der Waals surface area contributed by atoms with Crippen molar-refractivity contribution in [2.45, 2.75) is 32.0 Å². The van der Waals surface area contributed by atoms with E-state index in [1.54, 1.807) is 0 Å². The molecular weight excluding hydrogens is 321 g/mol. The van der Waals surface area contributed by atoms with Crippen molar-refractivity contribution in [2.24, 2.45) is 5.92 Å². The van der Waals surface area contributed by atoms with Crippen molar-refractivity contribution < 1.29 is 4.74 Å². The first kappa shape index (κ1) is 16.5. The zero-order valence-electron chi connectivity index (χ0n) is 13.0. The number of nitrogens with one attached hydrogen (secondary N) is 2. The zero-order chi connectivity index (χ0) is 15.7. The minimum Gasteiger partial charge on any atom is -0.371 e. The lowest BCUT2D eigenvalue weighted by atomic mass is 9.95. The van der Waals surface area contributed by atoms with E-state index in [-0.39, 0.29) is 6.10 Å². The number of ether oxygens (including phenoxy) is 1. The second-order valence-electron chi connectivity index (χ2n) is 6.32. The molecule has 6 heteroatoms. The van der Waals surface area contributed by atoms with Gasteiger partial charge in [-0.25, -0.2) is 0 Å². The van der Waals surface area contributed by atoms with E-state index in [0.717, 1.165) is 31.8 Å². The van der Waals surface area contributed by atoms with Gasteiger partial charge in [-0.15, -0.1) is 0 Å². The molecule has 4 nitrogen and oxygen atoms in total. The fraction of sp³-hybridized carbons (Fsp3) is 0.625. The molecule has 0 aliphatic carbocycles. The molecule has 1 aromatic carbocycles. The second-order valence-corrected chi connectivity index (χ2v) is 7.14. The Bertz CT molecular complexity index is 518. The first-order valence-electron chi connectivity index (χ1n) is 7.84. The normalized spacial score (nSPS) is 33.3. The van der Waals surface area contributed by atoms with Crippen LogP contribution in [0.5, 0.6) is 0 Å². The first-order valence-corrected chi connectivity index (χ1v) is 8.60. The lowest BCUT2D eigenvalue weighted by molar-refractivity contribution is -0.0353. The molecule has 22 heavy (non-hydrogen) atoms. The van der Waals surface area contributed by atoms with Crippen LogP contribution in [-0.4, -0.2) is 43.2 Å². The van der Waals surface area contributed by atoms with Gasteiger partial charge >= 0.3 is 0 Å². The molecule has 2 heterocycles. The maximum atomic E-state index is 6.13. The van der Waals surface area contributed by atoms with Gasteiger partial charge in [0.1, 0.15) is 0 Å². The molecule has 0 saturated carbocycles. The molecule has 1 aromatic rings. The summed E-state index contributed by atoms with van der Waals surface area (Å²) in [5.41, 5.74) is 7.75. The highest BCUT2D eigenvalue weighted by Crippen LogP contribution is 2.29. The van der Waals surface area contributed by atoms with Crippen LogP contribution in [0.25, 0.3) is 0 Å². The molecular formula is C16H23Cl2N3O. The van der Waals surface area contributed by atoms with Crippen molar-refractivity contribution in [1.29, 1.82) is 0 Å². The Morgan fingerprint density at radius 2 is 1.91 bits per heavy atom. The number of morpholine rings is 1. The van der Waals surface area contributed by atoms with Gasteiger partial charge < -0.3 is 4.74 Å². The second kappa shape index (κ2) is 7.04. The quantitative estimate of drug-likeness (QED) is 0.884. The Balaban J connectivity index is 1.65. The van der Waals surface area contributed by atoms with E-state index < -0.39 is 0 Å². The maximum absolute atomic E-state index is 6.13. The highest BCUT2D eigenvalue weighted by atomic mass is 35.5. The molecule has 3 unspecified atom stereocenters. The van der Waals surface area contributed by atoms with Crippen molar-refractivity contribution in [3.8, 4) is 0 Å². The molecule has 122 valence electrons. The molecule has 0 spiro atoms. The Hall–Kier alpha value is -0.360. The van der Waals surface area contributed by atoms with Gasteiger partial charge in [-0.2, -0.15) is 0 Å². The number of rotatable bonds is 3. The smallest absolute Gasteiger partial charge is 0.0952 e. The summed E-state index contributed by atoms with van der Waals surface area (Å²) < 4.78 is 5.93. The first-order chi connectivity index (χ1) is 10.5. The number of hydrogen-bond acceptors (Lipinski definition) is 4. The summed E-state index contributed by atoms with van der Waals surface area (Å²) in [5.74, 6) is 0.604. The van der Waals surface area contributed by atoms with Crippen LogP contribution in [0.4, 0.5) is 0 Å². The van der Waals surface area contributed by atoms with Gasteiger partial charge in [0.05, 0.1) is 22.8 Å². The van der Waals surface area contributed by atoms with Crippen LogP contribution in [-0.2, 0) is 4.74 Å². The molecule has 0 amide bonds. The van der Waals surface area contributed by atoms with Crippen LogP contribution < -0.4 is 10.9 Å². The number of hydrazine groups is 1. The monoisotopic (exact) mass is 343 g/mol. The average Bonchev–Trinajstić information content (AvgIpc) is 2.82. The molecule has 2 fully saturated rings. The van der Waals surface area contributed by atoms with Crippen LogP contribution in [0.2, 0.25) is 10.0 Å². The fourth-order valence-electron chi connectivity index (χ4n) is 3.31. The Labute approximate surface area is 142 Å². The van der Waals surface area contributed by atoms with E-state index >= 15 is 0 Å². The van der Waals surface area contributed by atoms with Gasteiger partial charge in [-0.3, -0.25) is 15.8 Å². The largest absolute Gasteiger partial charge is 0.371 e. The molecule has 2 saturated heterocycles. The summed E-state index contributed by atoms with van der Waals surface area (Å²) in [7, 11) is 0. The minimum atomic E-state index is 0.0662. The van der Waals surface area contributed by atoms with E-state index in [0.29, 0.717) is 28.0 Å². The fourth-order valence-corrected chi connectivity index (χ4v) is 3.61. The molecule has 3 atom stereocenters. The highest BCUT2D eigenvalue weighted by Gasteiger charge is 2.33. The molecule has 2 aliphatic rings. The predicted molar refractivity (Wildman–Crippen MR) is 90.3 cm³/mol. The van der Waals surface area contributed by atoms with E-state index in [9.17, 15) is 0 Å². The lowest BCUT2D eigenvalue weighted by Gasteiger charge is -2.36. The molecule has 0 aromatic heterocycles. The van der Waals surface area contributed by atoms with E-state index in [1.807, 2.05) is 18.2 Å². The molecule has 3 rings (SSSR count). The van der Waals surface area contributed by atoms with Crippen LogP contribution in [0.1, 0.15) is 25.5 Å². The number of nitrogens with zero attached hydrogens (tertiary/aromatic N) is 1. The van der Waals surface area contributed by atoms with Crippen LogP contribution in [0, 0.1) is 5.92 Å². The van der Waals surface area contributed by atoms with Crippen LogP contribution in [0.3, 0.4) is 0 Å². The van der Waals surface area contributed by atoms with Crippen molar-refractivity contribution in [3.05, 3.63) is 33.8 Å². The maximum Gasteiger partial charge on any atom is 0.0952 e. The Kier molecular flexibility index (Phi) is 5.28. The van der Waals surface area contributed by atoms with Crippen molar-refractivity contribution >= 4 is 23.2 Å². The van der Waals surface area contributed by atoms with E-state index in [4.69, 9.17) is 27.9 Å².